The van der Waals surface area contributed by atoms with Crippen LogP contribution in [-0.2, 0) is 4.74 Å². The Morgan fingerprint density at radius 3 is 2.74 bits per heavy atom. The largest absolute Gasteiger partial charge is 0.499 e. The SMILES string of the molecule is CNC1CC=C(c2nc(SC)ncc2Oc2ccc(F)cc2F)C=C1OC. The first-order chi connectivity index (χ1) is 13.0. The first kappa shape index (κ1) is 19.3. The Kier molecular flexibility index (Phi) is 6.08. The molecule has 0 saturated heterocycles. The van der Waals surface area contributed by atoms with E-state index in [0.717, 1.165) is 23.5 Å². The van der Waals surface area contributed by atoms with Crippen LogP contribution in [0.4, 0.5) is 8.78 Å². The first-order valence-corrected chi connectivity index (χ1v) is 9.45. The van der Waals surface area contributed by atoms with Crippen LogP contribution in [-0.4, -0.2) is 36.4 Å². The summed E-state index contributed by atoms with van der Waals surface area (Å²) in [7, 11) is 3.47. The number of rotatable bonds is 6. The standard InChI is InChI=1S/C19H19F2N3O2S/c1-22-14-6-4-11(8-16(14)25-2)18-17(10-23-19(24-18)27-3)26-15-7-5-12(20)9-13(15)21/h4-5,7-10,14,22H,6H2,1-3H3. The summed E-state index contributed by atoms with van der Waals surface area (Å²) in [5.41, 5.74) is 1.30. The maximum Gasteiger partial charge on any atom is 0.188 e. The number of thioether (sulfide) groups is 1. The van der Waals surface area contributed by atoms with Crippen LogP contribution in [0.25, 0.3) is 5.57 Å². The Morgan fingerprint density at radius 2 is 2.07 bits per heavy atom. The first-order valence-electron chi connectivity index (χ1n) is 8.23. The highest BCUT2D eigenvalue weighted by atomic mass is 32.2. The Morgan fingerprint density at radius 1 is 1.26 bits per heavy atom. The lowest BCUT2D eigenvalue weighted by Crippen LogP contribution is -2.29. The third-order valence-electron chi connectivity index (χ3n) is 4.10. The molecule has 1 heterocycles. The minimum Gasteiger partial charge on any atom is -0.499 e. The fourth-order valence-corrected chi connectivity index (χ4v) is 3.05. The fourth-order valence-electron chi connectivity index (χ4n) is 2.71. The molecule has 0 aliphatic heterocycles. The van der Waals surface area contributed by atoms with E-state index in [2.05, 4.69) is 15.3 Å². The molecule has 1 N–H and O–H groups in total. The molecular weight excluding hydrogens is 372 g/mol. The summed E-state index contributed by atoms with van der Waals surface area (Å²) >= 11 is 1.39. The van der Waals surface area contributed by atoms with E-state index in [0.29, 0.717) is 17.3 Å². The average molecular weight is 391 g/mol. The molecule has 1 aliphatic carbocycles. The number of aromatic nitrogens is 2. The highest BCUT2D eigenvalue weighted by Gasteiger charge is 2.22. The van der Waals surface area contributed by atoms with E-state index in [9.17, 15) is 8.78 Å². The Labute approximate surface area is 160 Å². The van der Waals surface area contributed by atoms with Gasteiger partial charge in [-0.25, -0.2) is 18.7 Å². The molecule has 0 bridgehead atoms. The van der Waals surface area contributed by atoms with E-state index in [1.807, 2.05) is 25.5 Å². The van der Waals surface area contributed by atoms with Crippen molar-refractivity contribution in [3.8, 4) is 11.5 Å². The molecule has 142 valence electrons. The minimum atomic E-state index is -0.795. The normalized spacial score (nSPS) is 16.6. The maximum atomic E-state index is 14.0. The van der Waals surface area contributed by atoms with Gasteiger partial charge in [0.1, 0.15) is 17.3 Å². The molecule has 1 unspecified atom stereocenters. The molecule has 8 heteroatoms. The van der Waals surface area contributed by atoms with Gasteiger partial charge in [0, 0.05) is 11.6 Å². The maximum absolute atomic E-state index is 14.0. The number of halogens is 2. The van der Waals surface area contributed by atoms with Crippen LogP contribution >= 0.6 is 11.8 Å². The molecule has 2 aromatic rings. The van der Waals surface area contributed by atoms with Crippen LogP contribution in [0.15, 0.2) is 47.5 Å². The Balaban J connectivity index is 2.01. The molecule has 1 atom stereocenters. The van der Waals surface area contributed by atoms with E-state index in [1.165, 1.54) is 24.0 Å². The van der Waals surface area contributed by atoms with Crippen molar-refractivity contribution in [2.45, 2.75) is 17.6 Å². The van der Waals surface area contributed by atoms with Gasteiger partial charge in [-0.1, -0.05) is 17.8 Å². The lowest BCUT2D eigenvalue weighted by atomic mass is 9.98. The van der Waals surface area contributed by atoms with E-state index in [1.54, 1.807) is 7.11 Å². The zero-order chi connectivity index (χ0) is 19.4. The fraction of sp³-hybridized carbons (Fsp3) is 0.263. The van der Waals surface area contributed by atoms with Crippen LogP contribution in [0.5, 0.6) is 11.5 Å². The third-order valence-corrected chi connectivity index (χ3v) is 4.66. The molecular formula is C19H19F2N3O2S. The molecule has 0 radical (unpaired) electrons. The Hall–Kier alpha value is -2.45. The average Bonchev–Trinajstić information content (AvgIpc) is 2.69. The minimum absolute atomic E-state index is 0.0690. The molecule has 1 aromatic heterocycles. The van der Waals surface area contributed by atoms with Crippen LogP contribution in [0, 0.1) is 11.6 Å². The molecule has 3 rings (SSSR count). The Bertz CT molecular complexity index is 903. The lowest BCUT2D eigenvalue weighted by Gasteiger charge is -2.22. The van der Waals surface area contributed by atoms with Gasteiger partial charge in [-0.15, -0.1) is 0 Å². The highest BCUT2D eigenvalue weighted by Crippen LogP contribution is 2.34. The van der Waals surface area contributed by atoms with Crippen LogP contribution < -0.4 is 10.1 Å². The van der Waals surface area contributed by atoms with Crippen molar-refractivity contribution in [1.82, 2.24) is 15.3 Å². The highest BCUT2D eigenvalue weighted by molar-refractivity contribution is 7.98. The second-order valence-corrected chi connectivity index (χ2v) is 6.51. The van der Waals surface area contributed by atoms with Gasteiger partial charge in [0.05, 0.1) is 19.3 Å². The van der Waals surface area contributed by atoms with Crippen molar-refractivity contribution in [2.75, 3.05) is 20.4 Å². The van der Waals surface area contributed by atoms with E-state index >= 15 is 0 Å². The summed E-state index contributed by atoms with van der Waals surface area (Å²) in [5.74, 6) is -0.526. The van der Waals surface area contributed by atoms with Gasteiger partial charge in [-0.2, -0.15) is 0 Å². The summed E-state index contributed by atoms with van der Waals surface area (Å²) in [6.07, 6.45) is 7.92. The van der Waals surface area contributed by atoms with Gasteiger partial charge in [0.2, 0.25) is 0 Å². The molecule has 0 spiro atoms. The van der Waals surface area contributed by atoms with Crippen molar-refractivity contribution in [2.24, 2.45) is 0 Å². The molecule has 0 saturated carbocycles. The van der Waals surface area contributed by atoms with Crippen molar-refractivity contribution in [3.63, 3.8) is 0 Å². The summed E-state index contributed by atoms with van der Waals surface area (Å²) in [6.45, 7) is 0. The third kappa shape index (κ3) is 4.28. The van der Waals surface area contributed by atoms with Crippen molar-refractivity contribution < 1.29 is 18.3 Å². The summed E-state index contributed by atoms with van der Waals surface area (Å²) in [5, 5.41) is 3.73. The number of likely N-dealkylation sites (N-methyl/N-ethyl adjacent to an activating group) is 1. The quantitative estimate of drug-likeness (QED) is 0.589. The summed E-state index contributed by atoms with van der Waals surface area (Å²) in [4.78, 5) is 8.72. The monoisotopic (exact) mass is 391 g/mol. The number of methoxy groups -OCH3 is 1. The van der Waals surface area contributed by atoms with Crippen molar-refractivity contribution in [1.29, 1.82) is 0 Å². The van der Waals surface area contributed by atoms with Crippen LogP contribution in [0.3, 0.4) is 0 Å². The molecule has 1 aliphatic rings. The van der Waals surface area contributed by atoms with Gasteiger partial charge >= 0.3 is 0 Å². The van der Waals surface area contributed by atoms with Crippen LogP contribution in [0.1, 0.15) is 12.1 Å². The smallest absolute Gasteiger partial charge is 0.188 e. The number of hydrogen-bond donors (Lipinski definition) is 1. The molecule has 1 aromatic carbocycles. The number of allylic oxidation sites excluding steroid dienone is 2. The van der Waals surface area contributed by atoms with E-state index in [4.69, 9.17) is 9.47 Å². The summed E-state index contributed by atoms with van der Waals surface area (Å²) < 4.78 is 38.3. The second-order valence-electron chi connectivity index (χ2n) is 5.73. The molecule has 0 amide bonds. The number of nitrogens with one attached hydrogen (secondary N) is 1. The number of benzene rings is 1. The van der Waals surface area contributed by atoms with Crippen molar-refractivity contribution >= 4 is 17.3 Å². The van der Waals surface area contributed by atoms with Gasteiger partial charge in [0.15, 0.2) is 22.5 Å². The lowest BCUT2D eigenvalue weighted by molar-refractivity contribution is 0.253. The number of nitrogens with zero attached hydrogens (tertiary/aromatic N) is 2. The zero-order valence-electron chi connectivity index (χ0n) is 15.1. The topological polar surface area (TPSA) is 56.3 Å². The molecule has 0 fully saturated rings. The second kappa shape index (κ2) is 8.49. The van der Waals surface area contributed by atoms with E-state index in [-0.39, 0.29) is 17.5 Å². The predicted molar refractivity (Wildman–Crippen MR) is 101 cm³/mol. The summed E-state index contributed by atoms with van der Waals surface area (Å²) in [6, 6.07) is 3.21. The van der Waals surface area contributed by atoms with Gasteiger partial charge in [-0.05, 0) is 37.9 Å². The predicted octanol–water partition coefficient (Wildman–Crippen LogP) is 4.17. The van der Waals surface area contributed by atoms with Crippen LogP contribution in [0.2, 0.25) is 0 Å². The molecule has 27 heavy (non-hydrogen) atoms. The number of ether oxygens (including phenoxy) is 2. The van der Waals surface area contributed by atoms with Gasteiger partial charge < -0.3 is 14.8 Å². The van der Waals surface area contributed by atoms with Crippen molar-refractivity contribution in [3.05, 3.63) is 59.6 Å². The number of hydrogen-bond acceptors (Lipinski definition) is 6. The molecule has 5 nitrogen and oxygen atoms in total. The van der Waals surface area contributed by atoms with Gasteiger partial charge in [-0.3, -0.25) is 0 Å². The van der Waals surface area contributed by atoms with Gasteiger partial charge in [0.25, 0.3) is 0 Å². The zero-order valence-corrected chi connectivity index (χ0v) is 15.9. The van der Waals surface area contributed by atoms with E-state index < -0.39 is 11.6 Å².